The Morgan fingerprint density at radius 3 is 2.82 bits per heavy atom. The van der Waals surface area contributed by atoms with Gasteiger partial charge < -0.3 is 15.8 Å². The maximum Gasteiger partial charge on any atom is 0.227 e. The molecule has 0 spiro atoms. The molecule has 1 atom stereocenters. The summed E-state index contributed by atoms with van der Waals surface area (Å²) >= 11 is 0. The molecule has 4 heteroatoms. The number of rotatable bonds is 4. The Morgan fingerprint density at radius 1 is 1.53 bits per heavy atom. The van der Waals surface area contributed by atoms with Crippen LogP contribution in [0.4, 0.5) is 11.4 Å². The molecule has 4 nitrogen and oxygen atoms in total. The number of nitrogens with one attached hydrogen (secondary N) is 1. The molecule has 0 bridgehead atoms. The van der Waals surface area contributed by atoms with Gasteiger partial charge in [-0.15, -0.1) is 0 Å². The van der Waals surface area contributed by atoms with E-state index in [0.29, 0.717) is 23.0 Å². The Labute approximate surface area is 101 Å². The first kappa shape index (κ1) is 11.8. The van der Waals surface area contributed by atoms with Gasteiger partial charge in [0, 0.05) is 11.6 Å². The van der Waals surface area contributed by atoms with Crippen molar-refractivity contribution >= 4 is 17.3 Å². The van der Waals surface area contributed by atoms with Gasteiger partial charge in [0.15, 0.2) is 0 Å². The first-order valence-corrected chi connectivity index (χ1v) is 5.86. The van der Waals surface area contributed by atoms with Crippen molar-refractivity contribution in [1.29, 1.82) is 0 Å². The number of amides is 1. The summed E-state index contributed by atoms with van der Waals surface area (Å²) in [5.74, 6) is 1.27. The number of anilines is 2. The van der Waals surface area contributed by atoms with E-state index in [0.717, 1.165) is 12.8 Å². The predicted octanol–water partition coefficient (Wildman–Crippen LogP) is 2.26. The summed E-state index contributed by atoms with van der Waals surface area (Å²) in [5, 5.41) is 2.88. The molecule has 0 aromatic heterocycles. The van der Waals surface area contributed by atoms with Crippen LogP contribution in [-0.2, 0) is 4.79 Å². The molecule has 3 N–H and O–H groups in total. The lowest BCUT2D eigenvalue weighted by Crippen LogP contribution is -2.22. The molecule has 1 saturated carbocycles. The van der Waals surface area contributed by atoms with E-state index in [-0.39, 0.29) is 11.8 Å². The molecule has 1 aliphatic carbocycles. The van der Waals surface area contributed by atoms with Crippen molar-refractivity contribution < 1.29 is 9.53 Å². The molecule has 17 heavy (non-hydrogen) atoms. The number of hydrogen-bond acceptors (Lipinski definition) is 3. The highest BCUT2D eigenvalue weighted by atomic mass is 16.5. The molecule has 1 amide bonds. The zero-order valence-corrected chi connectivity index (χ0v) is 10.2. The van der Waals surface area contributed by atoms with Gasteiger partial charge in [-0.05, 0) is 37.0 Å². The van der Waals surface area contributed by atoms with E-state index >= 15 is 0 Å². The van der Waals surface area contributed by atoms with Crippen LogP contribution in [0.3, 0.4) is 0 Å². The Hall–Kier alpha value is -1.71. The maximum absolute atomic E-state index is 12.0. The molecule has 0 aliphatic heterocycles. The lowest BCUT2D eigenvalue weighted by molar-refractivity contribution is -0.119. The highest BCUT2D eigenvalue weighted by Crippen LogP contribution is 2.37. The van der Waals surface area contributed by atoms with Gasteiger partial charge in [-0.3, -0.25) is 4.79 Å². The minimum Gasteiger partial charge on any atom is -0.495 e. The van der Waals surface area contributed by atoms with E-state index in [1.165, 1.54) is 0 Å². The molecule has 92 valence electrons. The Bertz CT molecular complexity index is 427. The molecule has 1 aromatic rings. The number of nitrogens with two attached hydrogens (primary N) is 1. The van der Waals surface area contributed by atoms with Crippen LogP contribution in [0.2, 0.25) is 0 Å². The van der Waals surface area contributed by atoms with Crippen molar-refractivity contribution in [2.75, 3.05) is 18.2 Å². The highest BCUT2D eigenvalue weighted by Gasteiger charge is 2.32. The van der Waals surface area contributed by atoms with Crippen LogP contribution in [0.25, 0.3) is 0 Å². The van der Waals surface area contributed by atoms with E-state index in [2.05, 4.69) is 5.32 Å². The van der Waals surface area contributed by atoms with Crippen LogP contribution in [-0.4, -0.2) is 13.0 Å². The molecular formula is C13H18N2O2. The Kier molecular flexibility index (Phi) is 3.22. The van der Waals surface area contributed by atoms with Crippen LogP contribution in [0, 0.1) is 11.8 Å². The first-order valence-electron chi connectivity index (χ1n) is 5.86. The minimum absolute atomic E-state index is 0.0383. The third-order valence-electron chi connectivity index (χ3n) is 3.22. The third kappa shape index (κ3) is 2.70. The summed E-state index contributed by atoms with van der Waals surface area (Å²) in [6, 6.07) is 5.22. The van der Waals surface area contributed by atoms with Crippen molar-refractivity contribution in [1.82, 2.24) is 0 Å². The van der Waals surface area contributed by atoms with Crippen molar-refractivity contribution in [2.24, 2.45) is 11.8 Å². The summed E-state index contributed by atoms with van der Waals surface area (Å²) in [7, 11) is 1.57. The van der Waals surface area contributed by atoms with Crippen molar-refractivity contribution in [3.8, 4) is 5.75 Å². The third-order valence-corrected chi connectivity index (χ3v) is 3.22. The first-order chi connectivity index (χ1) is 8.11. The monoisotopic (exact) mass is 234 g/mol. The van der Waals surface area contributed by atoms with Gasteiger partial charge in [-0.25, -0.2) is 0 Å². The topological polar surface area (TPSA) is 64.3 Å². The number of nitrogen functional groups attached to an aromatic ring is 1. The van der Waals surface area contributed by atoms with Crippen LogP contribution >= 0.6 is 0 Å². The molecule has 2 rings (SSSR count). The molecule has 0 heterocycles. The van der Waals surface area contributed by atoms with Crippen LogP contribution < -0.4 is 15.8 Å². The predicted molar refractivity (Wildman–Crippen MR) is 67.9 cm³/mol. The number of carbonyl (C=O) groups is 1. The normalized spacial score (nSPS) is 16.4. The SMILES string of the molecule is COc1ccc(N)cc1NC(=O)C(C)C1CC1. The van der Waals surface area contributed by atoms with E-state index in [9.17, 15) is 4.79 Å². The average Bonchev–Trinajstić information content (AvgIpc) is 3.12. The molecule has 0 radical (unpaired) electrons. The second-order valence-electron chi connectivity index (χ2n) is 4.58. The second kappa shape index (κ2) is 4.65. The van der Waals surface area contributed by atoms with Crippen LogP contribution in [0.1, 0.15) is 19.8 Å². The van der Waals surface area contributed by atoms with Gasteiger partial charge in [0.2, 0.25) is 5.91 Å². The standard InChI is InChI=1S/C13H18N2O2/c1-8(9-3-4-9)13(16)15-11-7-10(14)5-6-12(11)17-2/h5-9H,3-4,14H2,1-2H3,(H,15,16). The van der Waals surface area contributed by atoms with E-state index in [4.69, 9.17) is 10.5 Å². The Balaban J connectivity index is 2.11. The minimum atomic E-state index is 0.0383. The summed E-state index contributed by atoms with van der Waals surface area (Å²) in [4.78, 5) is 12.0. The highest BCUT2D eigenvalue weighted by molar-refractivity contribution is 5.94. The smallest absolute Gasteiger partial charge is 0.227 e. The quantitative estimate of drug-likeness (QED) is 0.785. The number of hydrogen-bond donors (Lipinski definition) is 2. The number of benzene rings is 1. The van der Waals surface area contributed by atoms with Gasteiger partial charge in [0.05, 0.1) is 12.8 Å². The van der Waals surface area contributed by atoms with E-state index in [1.807, 2.05) is 6.92 Å². The van der Waals surface area contributed by atoms with Crippen LogP contribution in [0.15, 0.2) is 18.2 Å². The second-order valence-corrected chi connectivity index (χ2v) is 4.58. The number of methoxy groups -OCH3 is 1. The van der Waals surface area contributed by atoms with Gasteiger partial charge >= 0.3 is 0 Å². The fourth-order valence-electron chi connectivity index (χ4n) is 1.88. The molecule has 1 aliphatic rings. The van der Waals surface area contributed by atoms with Crippen molar-refractivity contribution in [2.45, 2.75) is 19.8 Å². The van der Waals surface area contributed by atoms with Gasteiger partial charge in [-0.1, -0.05) is 6.92 Å². The van der Waals surface area contributed by atoms with Gasteiger partial charge in [-0.2, -0.15) is 0 Å². The molecule has 1 fully saturated rings. The number of carbonyl (C=O) groups excluding carboxylic acids is 1. The zero-order chi connectivity index (χ0) is 12.4. The van der Waals surface area contributed by atoms with Crippen LogP contribution in [0.5, 0.6) is 5.75 Å². The summed E-state index contributed by atoms with van der Waals surface area (Å²) in [5.41, 5.74) is 6.95. The molecule has 0 saturated heterocycles. The van der Waals surface area contributed by atoms with Gasteiger partial charge in [0.1, 0.15) is 5.75 Å². The largest absolute Gasteiger partial charge is 0.495 e. The zero-order valence-electron chi connectivity index (χ0n) is 10.2. The molecule has 1 unspecified atom stereocenters. The fraction of sp³-hybridized carbons (Fsp3) is 0.462. The molecule has 1 aromatic carbocycles. The lowest BCUT2D eigenvalue weighted by Gasteiger charge is -2.14. The summed E-state index contributed by atoms with van der Waals surface area (Å²) in [6.07, 6.45) is 2.31. The average molecular weight is 234 g/mol. The van der Waals surface area contributed by atoms with E-state index < -0.39 is 0 Å². The lowest BCUT2D eigenvalue weighted by atomic mass is 10.1. The van der Waals surface area contributed by atoms with Crippen molar-refractivity contribution in [3.63, 3.8) is 0 Å². The summed E-state index contributed by atoms with van der Waals surface area (Å²) < 4.78 is 5.19. The fourth-order valence-corrected chi connectivity index (χ4v) is 1.88. The Morgan fingerprint density at radius 2 is 2.24 bits per heavy atom. The summed E-state index contributed by atoms with van der Waals surface area (Å²) in [6.45, 7) is 1.96. The maximum atomic E-state index is 12.0. The van der Waals surface area contributed by atoms with Crippen molar-refractivity contribution in [3.05, 3.63) is 18.2 Å². The van der Waals surface area contributed by atoms with E-state index in [1.54, 1.807) is 25.3 Å². The molecular weight excluding hydrogens is 216 g/mol. The number of ether oxygens (including phenoxy) is 1. The van der Waals surface area contributed by atoms with Gasteiger partial charge in [0.25, 0.3) is 0 Å².